The Balaban J connectivity index is 1.32. The van der Waals surface area contributed by atoms with E-state index in [2.05, 4.69) is 17.6 Å². The Labute approximate surface area is 188 Å². The predicted octanol–water partition coefficient (Wildman–Crippen LogP) is 3.01. The Kier molecular flexibility index (Phi) is 6.48. The van der Waals surface area contributed by atoms with Crippen molar-refractivity contribution >= 4 is 33.2 Å². The molecule has 2 aliphatic heterocycles. The number of carbonyl (C=O) groups is 2. The number of aryl methyl sites for hydroxylation is 1. The van der Waals surface area contributed by atoms with Crippen molar-refractivity contribution in [3.05, 3.63) is 48.0 Å². The van der Waals surface area contributed by atoms with Crippen LogP contribution in [0.25, 0.3) is 0 Å². The number of benzene rings is 2. The average Bonchev–Trinajstić information content (AvgIpc) is 2.78. The molecule has 0 saturated carbocycles. The van der Waals surface area contributed by atoms with Crippen LogP contribution in [0.4, 0.5) is 11.4 Å². The molecule has 32 heavy (non-hydrogen) atoms. The van der Waals surface area contributed by atoms with Gasteiger partial charge in [-0.25, -0.2) is 8.42 Å². The molecular weight excluding hydrogens is 430 g/mol. The first-order chi connectivity index (χ1) is 15.3. The molecule has 2 heterocycles. The minimum Gasteiger partial charge on any atom is -0.484 e. The van der Waals surface area contributed by atoms with Crippen LogP contribution < -0.4 is 15.4 Å². The second kappa shape index (κ2) is 9.30. The van der Waals surface area contributed by atoms with Gasteiger partial charge in [0.1, 0.15) is 5.75 Å². The minimum atomic E-state index is -3.53. The van der Waals surface area contributed by atoms with Gasteiger partial charge < -0.3 is 15.4 Å². The number of nitrogens with one attached hydrogen (secondary N) is 2. The number of carbonyl (C=O) groups excluding carboxylic acids is 2. The van der Waals surface area contributed by atoms with Gasteiger partial charge in [-0.2, -0.15) is 4.31 Å². The van der Waals surface area contributed by atoms with E-state index in [1.165, 1.54) is 16.4 Å². The molecule has 8 nitrogen and oxygen atoms in total. The zero-order valence-electron chi connectivity index (χ0n) is 18.0. The third-order valence-electron chi connectivity index (χ3n) is 5.74. The van der Waals surface area contributed by atoms with E-state index in [-0.39, 0.29) is 23.3 Å². The van der Waals surface area contributed by atoms with E-state index in [9.17, 15) is 18.0 Å². The van der Waals surface area contributed by atoms with E-state index < -0.39 is 10.0 Å². The van der Waals surface area contributed by atoms with Crippen molar-refractivity contribution in [2.75, 3.05) is 30.3 Å². The van der Waals surface area contributed by atoms with Crippen molar-refractivity contribution in [1.82, 2.24) is 4.31 Å². The number of amides is 2. The molecule has 2 aromatic rings. The van der Waals surface area contributed by atoms with E-state index in [4.69, 9.17) is 4.74 Å². The SMILES string of the molecule is CC1CCCN(S(=O)(=O)c2ccc(NC(=O)COc3ccc4c(c3)CCC(=O)N4)cc2)C1. The third kappa shape index (κ3) is 5.11. The molecule has 1 saturated heterocycles. The van der Waals surface area contributed by atoms with Crippen molar-refractivity contribution < 1.29 is 22.7 Å². The van der Waals surface area contributed by atoms with Crippen LogP contribution in [0.5, 0.6) is 5.75 Å². The van der Waals surface area contributed by atoms with Gasteiger partial charge in [-0.3, -0.25) is 9.59 Å². The first-order valence-corrected chi connectivity index (χ1v) is 12.2. The number of hydrogen-bond donors (Lipinski definition) is 2. The maximum atomic E-state index is 12.8. The molecule has 1 atom stereocenters. The molecule has 0 aliphatic carbocycles. The Hall–Kier alpha value is -2.91. The number of rotatable bonds is 6. The topological polar surface area (TPSA) is 105 Å². The summed E-state index contributed by atoms with van der Waals surface area (Å²) in [4.78, 5) is 23.9. The summed E-state index contributed by atoms with van der Waals surface area (Å²) in [7, 11) is -3.53. The van der Waals surface area contributed by atoms with E-state index in [0.29, 0.717) is 43.3 Å². The number of sulfonamides is 1. The van der Waals surface area contributed by atoms with Crippen molar-refractivity contribution in [2.45, 2.75) is 37.5 Å². The molecule has 170 valence electrons. The van der Waals surface area contributed by atoms with Crippen molar-refractivity contribution in [2.24, 2.45) is 5.92 Å². The summed E-state index contributed by atoms with van der Waals surface area (Å²) in [5.74, 6) is 0.546. The van der Waals surface area contributed by atoms with Crippen molar-refractivity contribution in [3.8, 4) is 5.75 Å². The van der Waals surface area contributed by atoms with Crippen LogP contribution in [0.2, 0.25) is 0 Å². The fourth-order valence-electron chi connectivity index (χ4n) is 4.02. The molecule has 1 unspecified atom stereocenters. The lowest BCUT2D eigenvalue weighted by atomic mass is 10.0. The zero-order valence-corrected chi connectivity index (χ0v) is 18.8. The van der Waals surface area contributed by atoms with Crippen LogP contribution in [0, 0.1) is 5.92 Å². The van der Waals surface area contributed by atoms with Gasteiger partial charge in [-0.05, 0) is 73.2 Å². The summed E-state index contributed by atoms with van der Waals surface area (Å²) in [5, 5.41) is 5.52. The number of fused-ring (bicyclic) bond motifs is 1. The van der Waals surface area contributed by atoms with Gasteiger partial charge in [0.15, 0.2) is 6.61 Å². The molecule has 0 aromatic heterocycles. The number of ether oxygens (including phenoxy) is 1. The highest BCUT2D eigenvalue weighted by Crippen LogP contribution is 2.27. The van der Waals surface area contributed by atoms with Gasteiger partial charge in [-0.1, -0.05) is 6.92 Å². The van der Waals surface area contributed by atoms with Gasteiger partial charge in [0.2, 0.25) is 15.9 Å². The Morgan fingerprint density at radius 2 is 1.97 bits per heavy atom. The van der Waals surface area contributed by atoms with Gasteiger partial charge in [0.05, 0.1) is 4.90 Å². The lowest BCUT2D eigenvalue weighted by Gasteiger charge is -2.30. The monoisotopic (exact) mass is 457 g/mol. The van der Waals surface area contributed by atoms with Crippen LogP contribution in [0.15, 0.2) is 47.4 Å². The summed E-state index contributed by atoms with van der Waals surface area (Å²) < 4.78 is 32.8. The number of piperidine rings is 1. The Morgan fingerprint density at radius 3 is 2.72 bits per heavy atom. The molecule has 2 aromatic carbocycles. The first-order valence-electron chi connectivity index (χ1n) is 10.8. The van der Waals surface area contributed by atoms with Gasteiger partial charge >= 0.3 is 0 Å². The first kappa shape index (κ1) is 22.3. The third-order valence-corrected chi connectivity index (χ3v) is 7.62. The van der Waals surface area contributed by atoms with Gasteiger partial charge in [0, 0.05) is 30.9 Å². The molecule has 0 bridgehead atoms. The summed E-state index contributed by atoms with van der Waals surface area (Å²) in [6.45, 7) is 2.95. The quantitative estimate of drug-likeness (QED) is 0.694. The van der Waals surface area contributed by atoms with E-state index in [0.717, 1.165) is 24.1 Å². The zero-order chi connectivity index (χ0) is 22.7. The highest BCUT2D eigenvalue weighted by atomic mass is 32.2. The lowest BCUT2D eigenvalue weighted by Crippen LogP contribution is -2.39. The van der Waals surface area contributed by atoms with Crippen LogP contribution in [0.1, 0.15) is 31.7 Å². The maximum Gasteiger partial charge on any atom is 0.262 e. The fraction of sp³-hybridized carbons (Fsp3) is 0.391. The molecule has 2 amide bonds. The molecule has 0 spiro atoms. The Bertz CT molecular complexity index is 1110. The standard InChI is InChI=1S/C23H27N3O5S/c1-16-3-2-12-26(14-16)32(29,30)20-8-5-18(6-9-20)24-23(28)15-31-19-7-10-21-17(13-19)4-11-22(27)25-21/h5-10,13,16H,2-4,11-12,14-15H2,1H3,(H,24,28)(H,25,27). The maximum absolute atomic E-state index is 12.8. The smallest absolute Gasteiger partial charge is 0.262 e. The van der Waals surface area contributed by atoms with Crippen LogP contribution in [0.3, 0.4) is 0 Å². The summed E-state index contributed by atoms with van der Waals surface area (Å²) in [6, 6.07) is 11.5. The molecule has 9 heteroatoms. The summed E-state index contributed by atoms with van der Waals surface area (Å²) >= 11 is 0. The largest absolute Gasteiger partial charge is 0.484 e. The van der Waals surface area contributed by atoms with Crippen LogP contribution >= 0.6 is 0 Å². The number of anilines is 2. The fourth-order valence-corrected chi connectivity index (χ4v) is 5.62. The van der Waals surface area contributed by atoms with E-state index >= 15 is 0 Å². The average molecular weight is 458 g/mol. The highest BCUT2D eigenvalue weighted by molar-refractivity contribution is 7.89. The summed E-state index contributed by atoms with van der Waals surface area (Å²) in [6.07, 6.45) is 2.98. The predicted molar refractivity (Wildman–Crippen MR) is 121 cm³/mol. The number of nitrogens with zero attached hydrogens (tertiary/aromatic N) is 1. The normalized spacial score (nSPS) is 19.0. The second-order valence-electron chi connectivity index (χ2n) is 8.34. The van der Waals surface area contributed by atoms with Crippen molar-refractivity contribution in [3.63, 3.8) is 0 Å². The number of hydrogen-bond acceptors (Lipinski definition) is 5. The molecule has 2 N–H and O–H groups in total. The highest BCUT2D eigenvalue weighted by Gasteiger charge is 2.28. The minimum absolute atomic E-state index is 0.00477. The van der Waals surface area contributed by atoms with Crippen LogP contribution in [-0.4, -0.2) is 44.2 Å². The lowest BCUT2D eigenvalue weighted by molar-refractivity contribution is -0.118. The molecule has 0 radical (unpaired) electrons. The summed E-state index contributed by atoms with van der Waals surface area (Å²) in [5.41, 5.74) is 2.24. The molecule has 1 fully saturated rings. The molecular formula is C23H27N3O5S. The second-order valence-corrected chi connectivity index (χ2v) is 10.3. The van der Waals surface area contributed by atoms with Crippen LogP contribution in [-0.2, 0) is 26.0 Å². The van der Waals surface area contributed by atoms with Gasteiger partial charge in [0.25, 0.3) is 5.91 Å². The Morgan fingerprint density at radius 1 is 1.19 bits per heavy atom. The molecule has 4 rings (SSSR count). The van der Waals surface area contributed by atoms with E-state index in [1.54, 1.807) is 24.3 Å². The van der Waals surface area contributed by atoms with Gasteiger partial charge in [-0.15, -0.1) is 0 Å². The molecule has 2 aliphatic rings. The van der Waals surface area contributed by atoms with E-state index in [1.807, 2.05) is 6.07 Å². The van der Waals surface area contributed by atoms with Crippen molar-refractivity contribution in [1.29, 1.82) is 0 Å².